The number of hydrogen-bond acceptors (Lipinski definition) is 19. The van der Waals surface area contributed by atoms with E-state index in [0.29, 0.717) is 31.4 Å². The van der Waals surface area contributed by atoms with Gasteiger partial charge in [-0.15, -0.1) is 45.3 Å². The number of ether oxygens (including phenoxy) is 5. The first-order valence-corrected chi connectivity index (χ1v) is 22.2. The Kier molecular flexibility index (Phi) is 17.0. The molecule has 4 N–H and O–H groups in total. The summed E-state index contributed by atoms with van der Waals surface area (Å²) in [6.45, 7) is 20.9. The smallest absolute Gasteiger partial charge is 0.408 e. The first-order chi connectivity index (χ1) is 28.0. The van der Waals surface area contributed by atoms with E-state index in [-0.39, 0.29) is 24.2 Å². The van der Waals surface area contributed by atoms with Crippen LogP contribution in [0.25, 0.3) is 21.4 Å². The molecule has 4 aromatic rings. The van der Waals surface area contributed by atoms with Gasteiger partial charge in [-0.2, -0.15) is 0 Å². The van der Waals surface area contributed by atoms with Crippen LogP contribution in [0.3, 0.4) is 0 Å². The standard InChI is InChI=1S/C20H27N3O6S2.C19H26N4O5S2/c1-19(2,3)28-17(25)11(23-18(26)29-20(4,5)6)8-14-21-12(9-30-14)15-22-13(10-31-15)16(24)27-7;1-18(2,3)27-16(25)10(23-17(26)28-19(4,5)6)7-13-21-12(9-29-13)15-22-11(8-30-15)14(20)24/h9-11H,8H2,1-7H3,(H,23,26);8-10H,7H2,1-6H3,(H2,20,24)(H,23,26)/t11-;10-/m00/s1. The maximum absolute atomic E-state index is 12.7. The molecule has 18 nitrogen and oxygen atoms in total. The highest BCUT2D eigenvalue weighted by atomic mass is 32.1. The summed E-state index contributed by atoms with van der Waals surface area (Å²) < 4.78 is 26.1. The van der Waals surface area contributed by atoms with Crippen LogP contribution in [0.4, 0.5) is 9.59 Å². The van der Waals surface area contributed by atoms with E-state index in [1.165, 1.54) is 52.5 Å². The molecule has 61 heavy (non-hydrogen) atoms. The van der Waals surface area contributed by atoms with Crippen molar-refractivity contribution in [3.8, 4) is 21.4 Å². The Morgan fingerprint density at radius 1 is 0.557 bits per heavy atom. The number of nitrogens with zero attached hydrogens (tertiary/aromatic N) is 4. The van der Waals surface area contributed by atoms with Crippen LogP contribution in [0.2, 0.25) is 0 Å². The number of nitrogens with two attached hydrogens (primary N) is 1. The number of thiazole rings is 4. The maximum atomic E-state index is 12.7. The highest BCUT2D eigenvalue weighted by Gasteiger charge is 2.32. The van der Waals surface area contributed by atoms with Gasteiger partial charge in [-0.3, -0.25) is 4.79 Å². The molecule has 0 aliphatic heterocycles. The molecule has 0 spiro atoms. The average Bonchev–Trinajstić information content (AvgIpc) is 3.91. The molecule has 0 saturated heterocycles. The molecule has 0 aliphatic carbocycles. The minimum atomic E-state index is -0.977. The summed E-state index contributed by atoms with van der Waals surface area (Å²) in [5.74, 6) is -2.31. The number of methoxy groups -OCH3 is 1. The van der Waals surface area contributed by atoms with E-state index in [1.807, 2.05) is 0 Å². The Hall–Kier alpha value is -5.06. The van der Waals surface area contributed by atoms with Gasteiger partial charge in [0, 0.05) is 34.4 Å². The highest BCUT2D eigenvalue weighted by Crippen LogP contribution is 2.28. The second-order valence-electron chi connectivity index (χ2n) is 17.1. The summed E-state index contributed by atoms with van der Waals surface area (Å²) in [5, 5.41) is 14.1. The topological polar surface area (TPSA) is 250 Å². The molecule has 4 aromatic heterocycles. The van der Waals surface area contributed by atoms with E-state index in [9.17, 15) is 28.8 Å². The molecule has 334 valence electrons. The first kappa shape index (κ1) is 50.3. The third kappa shape index (κ3) is 17.8. The summed E-state index contributed by atoms with van der Waals surface area (Å²) in [7, 11) is 1.29. The summed E-state index contributed by atoms with van der Waals surface area (Å²) in [6, 6.07) is -1.95. The number of nitrogens with one attached hydrogen (secondary N) is 2. The average molecular weight is 924 g/mol. The Labute approximate surface area is 370 Å². The molecule has 0 radical (unpaired) electrons. The lowest BCUT2D eigenvalue weighted by Crippen LogP contribution is -2.47. The SMILES string of the molecule is CC(C)(C)OC(=O)N[C@@H](Cc1nc(-c2nc(C(N)=O)cs2)cs1)C(=O)OC(C)(C)C.COC(=O)c1csc(-c2csc(C[C@H](NC(=O)OC(C)(C)C)C(=O)OC(C)(C)C)n2)n1. The Morgan fingerprint density at radius 3 is 1.25 bits per heavy atom. The number of aromatic nitrogens is 4. The fourth-order valence-electron chi connectivity index (χ4n) is 4.48. The van der Waals surface area contributed by atoms with Gasteiger partial charge in [0.15, 0.2) is 5.69 Å². The zero-order valence-corrected chi connectivity index (χ0v) is 39.6. The monoisotopic (exact) mass is 923 g/mol. The predicted molar refractivity (Wildman–Crippen MR) is 232 cm³/mol. The lowest BCUT2D eigenvalue weighted by Gasteiger charge is -2.25. The number of rotatable bonds is 12. The zero-order valence-electron chi connectivity index (χ0n) is 36.4. The van der Waals surface area contributed by atoms with Gasteiger partial charge >= 0.3 is 30.1 Å². The Bertz CT molecular complexity index is 2170. The van der Waals surface area contributed by atoms with Crippen LogP contribution in [0.5, 0.6) is 0 Å². The van der Waals surface area contributed by atoms with E-state index in [1.54, 1.807) is 105 Å². The fraction of sp³-hybridized carbons (Fsp3) is 0.538. The van der Waals surface area contributed by atoms with Crippen LogP contribution in [0.1, 0.15) is 114 Å². The van der Waals surface area contributed by atoms with Gasteiger partial charge in [0.2, 0.25) is 0 Å². The van der Waals surface area contributed by atoms with E-state index in [4.69, 9.17) is 24.7 Å². The number of primary amides is 1. The van der Waals surface area contributed by atoms with Crippen LogP contribution < -0.4 is 16.4 Å². The molecule has 0 unspecified atom stereocenters. The first-order valence-electron chi connectivity index (χ1n) is 18.6. The predicted octanol–water partition coefficient (Wildman–Crippen LogP) is 6.97. The zero-order chi connectivity index (χ0) is 46.1. The minimum absolute atomic E-state index is 0.118. The molecule has 22 heteroatoms. The molecule has 4 rings (SSSR count). The fourth-order valence-corrected chi connectivity index (χ4v) is 7.80. The summed E-state index contributed by atoms with van der Waals surface area (Å²) in [6.07, 6.45) is -1.20. The van der Waals surface area contributed by atoms with Crippen LogP contribution in [0, 0.1) is 0 Å². The van der Waals surface area contributed by atoms with Crippen LogP contribution in [-0.2, 0) is 46.1 Å². The van der Waals surface area contributed by atoms with Crippen molar-refractivity contribution in [3.63, 3.8) is 0 Å². The quantitative estimate of drug-likeness (QED) is 0.0958. The van der Waals surface area contributed by atoms with Crippen molar-refractivity contribution in [3.05, 3.63) is 42.9 Å². The van der Waals surface area contributed by atoms with Gasteiger partial charge in [-0.05, 0) is 83.1 Å². The molecule has 4 heterocycles. The molecule has 0 bridgehead atoms. The molecular weight excluding hydrogens is 871 g/mol. The van der Waals surface area contributed by atoms with Crippen molar-refractivity contribution in [2.45, 2.75) is 130 Å². The van der Waals surface area contributed by atoms with Gasteiger partial charge in [0.1, 0.15) is 61.6 Å². The minimum Gasteiger partial charge on any atom is -0.464 e. The highest BCUT2D eigenvalue weighted by molar-refractivity contribution is 7.14. The van der Waals surface area contributed by atoms with E-state index in [2.05, 4.69) is 35.3 Å². The van der Waals surface area contributed by atoms with Gasteiger partial charge in [-0.1, -0.05) is 0 Å². The summed E-state index contributed by atoms with van der Waals surface area (Å²) in [5.41, 5.74) is 3.89. The van der Waals surface area contributed by atoms with E-state index in [0.717, 1.165) is 0 Å². The number of carbonyl (C=O) groups excluding carboxylic acids is 6. The molecule has 3 amide bonds. The third-order valence-corrected chi connectivity index (χ3v) is 10.2. The number of alkyl carbamates (subject to hydrolysis) is 2. The molecule has 0 fully saturated rings. The molecular formula is C39H53N7O11S4. The van der Waals surface area contributed by atoms with Crippen molar-refractivity contribution in [2.75, 3.05) is 7.11 Å². The second-order valence-corrected chi connectivity index (χ2v) is 20.7. The molecule has 2 atom stereocenters. The molecule has 0 aliphatic rings. The van der Waals surface area contributed by atoms with Gasteiger partial charge in [0.25, 0.3) is 5.91 Å². The lowest BCUT2D eigenvalue weighted by atomic mass is 10.1. The number of carbonyl (C=O) groups is 6. The Morgan fingerprint density at radius 2 is 0.918 bits per heavy atom. The largest absolute Gasteiger partial charge is 0.464 e. The van der Waals surface area contributed by atoms with Crippen LogP contribution in [0.15, 0.2) is 21.5 Å². The van der Waals surface area contributed by atoms with Crippen molar-refractivity contribution >= 4 is 81.3 Å². The van der Waals surface area contributed by atoms with E-state index >= 15 is 0 Å². The van der Waals surface area contributed by atoms with Gasteiger partial charge in [0.05, 0.1) is 17.1 Å². The van der Waals surface area contributed by atoms with Gasteiger partial charge < -0.3 is 40.1 Å². The third-order valence-electron chi connectivity index (χ3n) is 6.72. The number of esters is 3. The number of amides is 3. The van der Waals surface area contributed by atoms with Crippen molar-refractivity contribution < 1.29 is 52.5 Å². The maximum Gasteiger partial charge on any atom is 0.408 e. The van der Waals surface area contributed by atoms with E-state index < -0.39 is 70.5 Å². The second kappa shape index (κ2) is 20.7. The van der Waals surface area contributed by atoms with Crippen molar-refractivity contribution in [1.29, 1.82) is 0 Å². The van der Waals surface area contributed by atoms with Crippen LogP contribution >= 0.6 is 45.3 Å². The summed E-state index contributed by atoms with van der Waals surface area (Å²) in [4.78, 5) is 89.9. The van der Waals surface area contributed by atoms with Crippen LogP contribution in [-0.4, -0.2) is 97.5 Å². The molecule has 0 aromatic carbocycles. The lowest BCUT2D eigenvalue weighted by molar-refractivity contribution is -0.158. The summed E-state index contributed by atoms with van der Waals surface area (Å²) >= 11 is 5.12. The number of hydrogen-bond donors (Lipinski definition) is 3. The van der Waals surface area contributed by atoms with Gasteiger partial charge in [-0.25, -0.2) is 43.9 Å². The van der Waals surface area contributed by atoms with Crippen molar-refractivity contribution in [2.24, 2.45) is 5.73 Å². The molecule has 0 saturated carbocycles. The van der Waals surface area contributed by atoms with Crippen molar-refractivity contribution in [1.82, 2.24) is 30.6 Å². The normalized spacial score (nSPS) is 12.8. The Balaban J connectivity index is 0.000000325.